The summed E-state index contributed by atoms with van der Waals surface area (Å²) in [5.74, 6) is 2.06. The number of rotatable bonds is 10. The Morgan fingerprint density at radius 1 is 0.963 bits per heavy atom. The van der Waals surface area contributed by atoms with Crippen molar-refractivity contribution in [1.82, 2.24) is 5.32 Å². The SMILES string of the molecule is COc1cccc(OC(C)C(=O)NCCCc2ccc(OC(C)C)cc2)c1. The van der Waals surface area contributed by atoms with Crippen LogP contribution >= 0.6 is 0 Å². The number of hydrogen-bond donors (Lipinski definition) is 1. The van der Waals surface area contributed by atoms with Crippen molar-refractivity contribution in [3.05, 3.63) is 54.1 Å². The lowest BCUT2D eigenvalue weighted by Gasteiger charge is -2.15. The van der Waals surface area contributed by atoms with Crippen molar-refractivity contribution in [3.63, 3.8) is 0 Å². The van der Waals surface area contributed by atoms with Crippen LogP contribution in [0, 0.1) is 0 Å². The van der Waals surface area contributed by atoms with E-state index in [0.29, 0.717) is 18.0 Å². The highest BCUT2D eigenvalue weighted by Gasteiger charge is 2.14. The molecule has 5 heteroatoms. The van der Waals surface area contributed by atoms with Gasteiger partial charge in [-0.25, -0.2) is 0 Å². The van der Waals surface area contributed by atoms with Crippen LogP contribution in [0.15, 0.2) is 48.5 Å². The monoisotopic (exact) mass is 371 g/mol. The Bertz CT molecular complexity index is 713. The molecule has 0 spiro atoms. The summed E-state index contributed by atoms with van der Waals surface area (Å²) in [4.78, 5) is 12.2. The third-order valence-corrected chi connectivity index (χ3v) is 3.96. The molecule has 0 aliphatic carbocycles. The van der Waals surface area contributed by atoms with E-state index in [1.54, 1.807) is 26.2 Å². The Kier molecular flexibility index (Phi) is 7.99. The Hall–Kier alpha value is -2.69. The van der Waals surface area contributed by atoms with Crippen molar-refractivity contribution < 1.29 is 19.0 Å². The number of carbonyl (C=O) groups excluding carboxylic acids is 1. The predicted molar refractivity (Wildman–Crippen MR) is 107 cm³/mol. The third kappa shape index (κ3) is 7.21. The second-order valence-electron chi connectivity index (χ2n) is 6.64. The fourth-order valence-corrected chi connectivity index (χ4v) is 2.59. The van der Waals surface area contributed by atoms with Crippen molar-refractivity contribution >= 4 is 5.91 Å². The Morgan fingerprint density at radius 2 is 1.67 bits per heavy atom. The van der Waals surface area contributed by atoms with Gasteiger partial charge in [-0.3, -0.25) is 4.79 Å². The zero-order valence-electron chi connectivity index (χ0n) is 16.5. The number of carbonyl (C=O) groups is 1. The summed E-state index contributed by atoms with van der Waals surface area (Å²) < 4.78 is 16.5. The van der Waals surface area contributed by atoms with Gasteiger partial charge >= 0.3 is 0 Å². The van der Waals surface area contributed by atoms with Gasteiger partial charge in [-0.2, -0.15) is 0 Å². The van der Waals surface area contributed by atoms with E-state index in [-0.39, 0.29) is 12.0 Å². The molecule has 0 bridgehead atoms. The quantitative estimate of drug-likeness (QED) is 0.642. The molecule has 5 nitrogen and oxygen atoms in total. The van der Waals surface area contributed by atoms with E-state index >= 15 is 0 Å². The van der Waals surface area contributed by atoms with Gasteiger partial charge in [0, 0.05) is 12.6 Å². The molecule has 1 amide bonds. The molecule has 0 aromatic heterocycles. The molecule has 0 radical (unpaired) electrons. The highest BCUT2D eigenvalue weighted by Crippen LogP contribution is 2.20. The minimum absolute atomic E-state index is 0.126. The second kappa shape index (κ2) is 10.5. The van der Waals surface area contributed by atoms with Gasteiger partial charge in [0.05, 0.1) is 13.2 Å². The summed E-state index contributed by atoms with van der Waals surface area (Å²) in [6.45, 7) is 6.36. The summed E-state index contributed by atoms with van der Waals surface area (Å²) in [7, 11) is 1.60. The molecule has 2 aromatic carbocycles. The molecule has 1 atom stereocenters. The van der Waals surface area contributed by atoms with Crippen LogP contribution in [0.5, 0.6) is 17.2 Å². The first-order valence-corrected chi connectivity index (χ1v) is 9.32. The highest BCUT2D eigenvalue weighted by atomic mass is 16.5. The van der Waals surface area contributed by atoms with Crippen LogP contribution in [0.1, 0.15) is 32.8 Å². The molecule has 0 heterocycles. The lowest BCUT2D eigenvalue weighted by atomic mass is 10.1. The maximum atomic E-state index is 12.2. The zero-order valence-corrected chi connectivity index (χ0v) is 16.5. The highest BCUT2D eigenvalue weighted by molar-refractivity contribution is 5.80. The molecule has 27 heavy (non-hydrogen) atoms. The van der Waals surface area contributed by atoms with Crippen molar-refractivity contribution in [2.24, 2.45) is 0 Å². The maximum Gasteiger partial charge on any atom is 0.260 e. The van der Waals surface area contributed by atoms with Crippen LogP contribution < -0.4 is 19.5 Å². The molecule has 146 valence electrons. The third-order valence-electron chi connectivity index (χ3n) is 3.96. The van der Waals surface area contributed by atoms with Crippen LogP contribution in [-0.2, 0) is 11.2 Å². The number of amides is 1. The van der Waals surface area contributed by atoms with Crippen molar-refractivity contribution in [1.29, 1.82) is 0 Å². The topological polar surface area (TPSA) is 56.8 Å². The first-order valence-electron chi connectivity index (χ1n) is 9.32. The summed E-state index contributed by atoms with van der Waals surface area (Å²) >= 11 is 0. The molecule has 2 aromatic rings. The van der Waals surface area contributed by atoms with Gasteiger partial charge in [0.25, 0.3) is 5.91 Å². The molecule has 0 saturated carbocycles. The smallest absolute Gasteiger partial charge is 0.260 e. The number of hydrogen-bond acceptors (Lipinski definition) is 4. The standard InChI is InChI=1S/C22H29NO4/c1-16(2)26-19-12-10-18(11-13-19)7-6-14-23-22(24)17(3)27-21-9-5-8-20(15-21)25-4/h5,8-13,15-17H,6-7,14H2,1-4H3,(H,23,24). The van der Waals surface area contributed by atoms with Crippen LogP contribution in [-0.4, -0.2) is 31.8 Å². The Morgan fingerprint density at radius 3 is 2.33 bits per heavy atom. The summed E-state index contributed by atoms with van der Waals surface area (Å²) in [6, 6.07) is 15.3. The number of ether oxygens (including phenoxy) is 3. The lowest BCUT2D eigenvalue weighted by Crippen LogP contribution is -2.36. The van der Waals surface area contributed by atoms with E-state index in [4.69, 9.17) is 14.2 Å². The van der Waals surface area contributed by atoms with Crippen molar-refractivity contribution in [2.45, 2.75) is 45.8 Å². The molecule has 2 rings (SSSR count). The fourth-order valence-electron chi connectivity index (χ4n) is 2.59. The molecule has 0 fully saturated rings. The largest absolute Gasteiger partial charge is 0.497 e. The van der Waals surface area contributed by atoms with Gasteiger partial charge in [-0.1, -0.05) is 18.2 Å². The Balaban J connectivity index is 1.70. The van der Waals surface area contributed by atoms with Gasteiger partial charge in [-0.15, -0.1) is 0 Å². The first-order chi connectivity index (χ1) is 13.0. The average molecular weight is 371 g/mol. The average Bonchev–Trinajstić information content (AvgIpc) is 2.66. The molecular formula is C22H29NO4. The Labute approximate surface area is 161 Å². The second-order valence-corrected chi connectivity index (χ2v) is 6.64. The van der Waals surface area contributed by atoms with E-state index in [1.807, 2.05) is 38.1 Å². The molecule has 1 N–H and O–H groups in total. The summed E-state index contributed by atoms with van der Waals surface area (Å²) in [5.41, 5.74) is 1.22. The van der Waals surface area contributed by atoms with E-state index in [2.05, 4.69) is 17.4 Å². The van der Waals surface area contributed by atoms with Gasteiger partial charge in [0.15, 0.2) is 6.10 Å². The van der Waals surface area contributed by atoms with E-state index in [9.17, 15) is 4.79 Å². The van der Waals surface area contributed by atoms with Crippen LogP contribution in [0.2, 0.25) is 0 Å². The van der Waals surface area contributed by atoms with E-state index < -0.39 is 6.10 Å². The van der Waals surface area contributed by atoms with Crippen LogP contribution in [0.4, 0.5) is 0 Å². The van der Waals surface area contributed by atoms with Crippen LogP contribution in [0.3, 0.4) is 0 Å². The van der Waals surface area contributed by atoms with E-state index in [0.717, 1.165) is 18.6 Å². The summed E-state index contributed by atoms with van der Waals surface area (Å²) in [5, 5.41) is 2.92. The van der Waals surface area contributed by atoms with Crippen molar-refractivity contribution in [3.8, 4) is 17.2 Å². The molecule has 1 unspecified atom stereocenters. The normalized spacial score (nSPS) is 11.7. The van der Waals surface area contributed by atoms with Crippen LogP contribution in [0.25, 0.3) is 0 Å². The van der Waals surface area contributed by atoms with E-state index in [1.165, 1.54) is 5.56 Å². The van der Waals surface area contributed by atoms with Crippen molar-refractivity contribution in [2.75, 3.05) is 13.7 Å². The fraction of sp³-hybridized carbons (Fsp3) is 0.409. The van der Waals surface area contributed by atoms with Gasteiger partial charge in [-0.05, 0) is 63.4 Å². The van der Waals surface area contributed by atoms with Gasteiger partial charge in [0.2, 0.25) is 0 Å². The zero-order chi connectivity index (χ0) is 19.6. The first kappa shape index (κ1) is 20.6. The number of nitrogens with one attached hydrogen (secondary N) is 1. The molecule has 0 aliphatic heterocycles. The maximum absolute atomic E-state index is 12.2. The summed E-state index contributed by atoms with van der Waals surface area (Å²) in [6.07, 6.45) is 1.37. The van der Waals surface area contributed by atoms with Gasteiger partial charge in [0.1, 0.15) is 17.2 Å². The predicted octanol–water partition coefficient (Wildman–Crippen LogP) is 4.00. The number of benzene rings is 2. The number of methoxy groups -OCH3 is 1. The minimum atomic E-state index is -0.565. The molecular weight excluding hydrogens is 342 g/mol. The lowest BCUT2D eigenvalue weighted by molar-refractivity contribution is -0.127. The number of aryl methyl sites for hydroxylation is 1. The van der Waals surface area contributed by atoms with Gasteiger partial charge < -0.3 is 19.5 Å². The minimum Gasteiger partial charge on any atom is -0.497 e. The molecule has 0 saturated heterocycles. The molecule has 0 aliphatic rings.